The van der Waals surface area contributed by atoms with Crippen molar-refractivity contribution < 1.29 is 19.4 Å². The van der Waals surface area contributed by atoms with Crippen molar-refractivity contribution in [2.75, 3.05) is 0 Å². The van der Waals surface area contributed by atoms with E-state index >= 15 is 0 Å². The summed E-state index contributed by atoms with van der Waals surface area (Å²) in [5, 5.41) is 0. The molecule has 130 valence electrons. The highest BCUT2D eigenvalue weighted by Gasteiger charge is 2.26. The summed E-state index contributed by atoms with van der Waals surface area (Å²) in [6.45, 7) is 7.65. The van der Waals surface area contributed by atoms with Gasteiger partial charge in [0.25, 0.3) is 0 Å². The lowest BCUT2D eigenvalue weighted by Gasteiger charge is -2.13. The van der Waals surface area contributed by atoms with Crippen LogP contribution in [0.15, 0.2) is 0 Å². The van der Waals surface area contributed by atoms with Gasteiger partial charge >= 0.3 is 5.97 Å². The van der Waals surface area contributed by atoms with Crippen LogP contribution in [0.5, 0.6) is 0 Å². The van der Waals surface area contributed by atoms with E-state index in [-0.39, 0.29) is 12.0 Å². The molecule has 0 fully saturated rings. The van der Waals surface area contributed by atoms with E-state index in [2.05, 4.69) is 11.8 Å². The standard InChI is InChI=1S/C18H34O4/c1-5-7-8-9-10-11-12-13-14-16(6-2)17(19)18(20)22-21-15(3)4/h15-16H,5-14H2,1-4H3. The van der Waals surface area contributed by atoms with Crippen molar-refractivity contribution in [1.82, 2.24) is 0 Å². The molecular formula is C18H34O4. The first-order valence-corrected chi connectivity index (χ1v) is 8.94. The van der Waals surface area contributed by atoms with Crippen LogP contribution in [0.3, 0.4) is 0 Å². The maximum atomic E-state index is 12.0. The Morgan fingerprint density at radius 1 is 0.864 bits per heavy atom. The number of ketones is 1. The molecule has 0 saturated heterocycles. The summed E-state index contributed by atoms with van der Waals surface area (Å²) in [6, 6.07) is 0. The predicted octanol–water partition coefficient (Wildman–Crippen LogP) is 5.00. The first kappa shape index (κ1) is 21.1. The third-order valence-electron chi connectivity index (χ3n) is 3.79. The van der Waals surface area contributed by atoms with Crippen molar-refractivity contribution in [2.24, 2.45) is 5.92 Å². The van der Waals surface area contributed by atoms with Crippen LogP contribution in [-0.2, 0) is 19.4 Å². The van der Waals surface area contributed by atoms with Crippen LogP contribution in [0, 0.1) is 5.92 Å². The first-order chi connectivity index (χ1) is 10.5. The second-order valence-electron chi connectivity index (χ2n) is 6.25. The quantitative estimate of drug-likeness (QED) is 0.196. The van der Waals surface area contributed by atoms with Crippen molar-refractivity contribution in [3.63, 3.8) is 0 Å². The van der Waals surface area contributed by atoms with Gasteiger partial charge in [-0.05, 0) is 26.7 Å². The van der Waals surface area contributed by atoms with Crippen LogP contribution in [0.2, 0.25) is 0 Å². The fourth-order valence-corrected chi connectivity index (χ4v) is 2.39. The van der Waals surface area contributed by atoms with E-state index in [9.17, 15) is 9.59 Å². The third-order valence-corrected chi connectivity index (χ3v) is 3.79. The molecule has 1 atom stereocenters. The topological polar surface area (TPSA) is 52.6 Å². The number of hydrogen-bond donors (Lipinski definition) is 0. The Morgan fingerprint density at radius 3 is 1.91 bits per heavy atom. The van der Waals surface area contributed by atoms with Gasteiger partial charge in [0, 0.05) is 5.92 Å². The Hall–Kier alpha value is -0.900. The summed E-state index contributed by atoms with van der Waals surface area (Å²) in [5.74, 6) is -1.55. The molecule has 0 rings (SSSR count). The van der Waals surface area contributed by atoms with Crippen molar-refractivity contribution in [2.45, 2.75) is 98.0 Å². The fourth-order valence-electron chi connectivity index (χ4n) is 2.39. The van der Waals surface area contributed by atoms with E-state index < -0.39 is 11.8 Å². The number of Topliss-reactive ketones (excluding diaryl/α,β-unsaturated/α-hetero) is 1. The molecule has 0 N–H and O–H groups in total. The van der Waals surface area contributed by atoms with Gasteiger partial charge in [0.15, 0.2) is 0 Å². The molecule has 0 heterocycles. The number of hydrogen-bond acceptors (Lipinski definition) is 4. The minimum atomic E-state index is -0.861. The molecule has 0 aliphatic heterocycles. The Bertz CT molecular complexity index is 299. The van der Waals surface area contributed by atoms with Gasteiger partial charge in [-0.2, -0.15) is 4.89 Å². The number of carbonyl (C=O) groups is 2. The Balaban J connectivity index is 3.81. The van der Waals surface area contributed by atoms with Gasteiger partial charge < -0.3 is 0 Å². The molecule has 0 aliphatic rings. The maximum Gasteiger partial charge on any atom is 0.408 e. The van der Waals surface area contributed by atoms with Crippen LogP contribution in [0.25, 0.3) is 0 Å². The van der Waals surface area contributed by atoms with Crippen LogP contribution < -0.4 is 0 Å². The van der Waals surface area contributed by atoms with E-state index in [1.54, 1.807) is 13.8 Å². The molecule has 22 heavy (non-hydrogen) atoms. The highest BCUT2D eigenvalue weighted by molar-refractivity contribution is 6.34. The van der Waals surface area contributed by atoms with Crippen molar-refractivity contribution in [1.29, 1.82) is 0 Å². The molecule has 1 unspecified atom stereocenters. The van der Waals surface area contributed by atoms with E-state index in [1.807, 2.05) is 6.92 Å². The molecule has 4 heteroatoms. The molecule has 0 bridgehead atoms. The molecule has 0 amide bonds. The van der Waals surface area contributed by atoms with E-state index in [0.29, 0.717) is 6.42 Å². The van der Waals surface area contributed by atoms with Gasteiger partial charge in [-0.1, -0.05) is 65.2 Å². The van der Waals surface area contributed by atoms with Gasteiger partial charge in [0.05, 0.1) is 6.10 Å². The summed E-state index contributed by atoms with van der Waals surface area (Å²) in [7, 11) is 0. The van der Waals surface area contributed by atoms with E-state index in [4.69, 9.17) is 4.89 Å². The van der Waals surface area contributed by atoms with Gasteiger partial charge in [0.2, 0.25) is 5.78 Å². The van der Waals surface area contributed by atoms with Crippen molar-refractivity contribution in [3.8, 4) is 0 Å². The highest BCUT2D eigenvalue weighted by atomic mass is 17.2. The smallest absolute Gasteiger partial charge is 0.289 e. The second kappa shape index (κ2) is 13.7. The van der Waals surface area contributed by atoms with Gasteiger partial charge in [0.1, 0.15) is 0 Å². The number of rotatable bonds is 14. The summed E-state index contributed by atoms with van der Waals surface area (Å²) in [4.78, 5) is 32.8. The lowest BCUT2D eigenvalue weighted by atomic mass is 9.94. The monoisotopic (exact) mass is 314 g/mol. The van der Waals surface area contributed by atoms with Crippen LogP contribution in [-0.4, -0.2) is 17.9 Å². The molecule has 4 nitrogen and oxygen atoms in total. The van der Waals surface area contributed by atoms with Gasteiger partial charge in [-0.25, -0.2) is 4.79 Å². The van der Waals surface area contributed by atoms with Crippen molar-refractivity contribution >= 4 is 11.8 Å². The highest BCUT2D eigenvalue weighted by Crippen LogP contribution is 2.17. The Kier molecular flexibility index (Phi) is 13.2. The zero-order valence-corrected chi connectivity index (χ0v) is 14.9. The molecule has 0 radical (unpaired) electrons. The largest absolute Gasteiger partial charge is 0.408 e. The average Bonchev–Trinajstić information content (AvgIpc) is 2.50. The SMILES string of the molecule is CCCCCCCCCCC(CC)C(=O)C(=O)OOC(C)C. The van der Waals surface area contributed by atoms with Gasteiger partial charge in [-0.15, -0.1) is 0 Å². The van der Waals surface area contributed by atoms with E-state index in [0.717, 1.165) is 19.3 Å². The Labute approximate surface area is 135 Å². The van der Waals surface area contributed by atoms with Gasteiger partial charge in [-0.3, -0.25) is 9.68 Å². The fraction of sp³-hybridized carbons (Fsp3) is 0.889. The minimum Gasteiger partial charge on any atom is -0.289 e. The van der Waals surface area contributed by atoms with Crippen LogP contribution in [0.1, 0.15) is 91.9 Å². The molecule has 0 aromatic heterocycles. The molecular weight excluding hydrogens is 280 g/mol. The van der Waals surface area contributed by atoms with E-state index in [1.165, 1.54) is 38.5 Å². The van der Waals surface area contributed by atoms with Crippen molar-refractivity contribution in [3.05, 3.63) is 0 Å². The number of carbonyl (C=O) groups excluding carboxylic acids is 2. The minimum absolute atomic E-state index is 0.232. The summed E-state index contributed by atoms with van der Waals surface area (Å²) in [5.41, 5.74) is 0. The zero-order chi connectivity index (χ0) is 16.8. The molecule has 0 aromatic carbocycles. The molecule has 0 spiro atoms. The lowest BCUT2D eigenvalue weighted by Crippen LogP contribution is -2.26. The molecule has 0 aliphatic carbocycles. The van der Waals surface area contributed by atoms with Crippen LogP contribution in [0.4, 0.5) is 0 Å². The Morgan fingerprint density at radius 2 is 1.41 bits per heavy atom. The predicted molar refractivity (Wildman–Crippen MR) is 88.3 cm³/mol. The third kappa shape index (κ3) is 10.8. The normalized spacial score (nSPS) is 12.4. The number of unbranched alkanes of at least 4 members (excludes halogenated alkanes) is 7. The maximum absolute atomic E-state index is 12.0. The second-order valence-corrected chi connectivity index (χ2v) is 6.25. The first-order valence-electron chi connectivity index (χ1n) is 8.94. The lowest BCUT2D eigenvalue weighted by molar-refractivity contribution is -0.288. The molecule has 0 saturated carbocycles. The average molecular weight is 314 g/mol. The van der Waals surface area contributed by atoms with Crippen LogP contribution >= 0.6 is 0 Å². The zero-order valence-electron chi connectivity index (χ0n) is 14.9. The molecule has 0 aromatic rings. The summed E-state index contributed by atoms with van der Waals surface area (Å²) in [6.07, 6.45) is 11.1. The summed E-state index contributed by atoms with van der Waals surface area (Å²) < 4.78 is 0. The summed E-state index contributed by atoms with van der Waals surface area (Å²) >= 11 is 0.